The van der Waals surface area contributed by atoms with Crippen molar-refractivity contribution in [2.75, 3.05) is 20.8 Å². The van der Waals surface area contributed by atoms with Crippen LogP contribution in [0.2, 0.25) is 0 Å². The summed E-state index contributed by atoms with van der Waals surface area (Å²) in [4.78, 5) is 28.3. The molecule has 0 fully saturated rings. The van der Waals surface area contributed by atoms with Crippen LogP contribution in [0.15, 0.2) is 151 Å². The molecule has 10 aromatic rings. The molecule has 0 bridgehead atoms. The minimum Gasteiger partial charge on any atom is -0.508 e. The number of nitrogen functional groups attached to an aromatic ring is 1. The van der Waals surface area contributed by atoms with Gasteiger partial charge in [-0.3, -0.25) is 24.7 Å². The Morgan fingerprint density at radius 3 is 1.64 bits per heavy atom. The third-order valence-corrected chi connectivity index (χ3v) is 14.6. The molecule has 0 saturated carbocycles. The number of aromatic nitrogens is 3. The van der Waals surface area contributed by atoms with Gasteiger partial charge in [0.1, 0.15) is 46.0 Å². The fraction of sp³-hybridized carbons (Fsp3) is 0.182. The monoisotopic (exact) mass is 1260 g/mol. The van der Waals surface area contributed by atoms with E-state index in [1.807, 2.05) is 111 Å². The predicted molar refractivity (Wildman–Crippen MR) is 366 cm³/mol. The lowest BCUT2D eigenvalue weighted by molar-refractivity contribution is 0.0944. The normalized spacial score (nSPS) is 10.2. The van der Waals surface area contributed by atoms with Crippen molar-refractivity contribution >= 4 is 106 Å². The molecule has 0 saturated heterocycles. The lowest BCUT2D eigenvalue weighted by atomic mass is 9.97. The summed E-state index contributed by atoms with van der Waals surface area (Å²) >= 11 is 15.6. The number of carbonyl (C=O) groups excluding carboxylic acids is 2. The number of aromatic hydroxyl groups is 6. The van der Waals surface area contributed by atoms with Crippen molar-refractivity contribution < 1.29 is 49.7 Å². The number of isothiocyanates is 1. The van der Waals surface area contributed by atoms with E-state index in [-0.39, 0.29) is 75.6 Å². The van der Waals surface area contributed by atoms with E-state index < -0.39 is 11.8 Å². The zero-order valence-electron chi connectivity index (χ0n) is 48.8. The Balaban J connectivity index is 0.000000259. The number of aryl methyl sites for hydroxylation is 4. The topological polar surface area (TPSA) is 305 Å². The number of hydrogen-bond acceptors (Lipinski definition) is 17. The van der Waals surface area contributed by atoms with Crippen molar-refractivity contribution in [3.63, 3.8) is 0 Å². The quantitative estimate of drug-likeness (QED) is 0.0120. The summed E-state index contributed by atoms with van der Waals surface area (Å²) in [6.07, 6.45) is 2.33. The van der Waals surface area contributed by atoms with Gasteiger partial charge in [0.25, 0.3) is 11.8 Å². The molecule has 1 heterocycles. The van der Waals surface area contributed by atoms with E-state index in [4.69, 9.17) is 39.8 Å². The first kappa shape index (κ1) is 71.2. The molecule has 1 unspecified atom stereocenters. The Morgan fingerprint density at radius 2 is 1.10 bits per heavy atom. The molecule has 10 rings (SSSR count). The van der Waals surface area contributed by atoms with Gasteiger partial charge in [-0.25, -0.2) is 5.84 Å². The van der Waals surface area contributed by atoms with E-state index in [2.05, 4.69) is 69.1 Å². The summed E-state index contributed by atoms with van der Waals surface area (Å²) in [6, 6.07) is 44.0. The maximum absolute atomic E-state index is 12.4. The van der Waals surface area contributed by atoms with Crippen molar-refractivity contribution in [1.29, 1.82) is 0 Å². The molecule has 2 amide bonds. The average molecular weight is 1270 g/mol. The number of phenols is 6. The summed E-state index contributed by atoms with van der Waals surface area (Å²) < 4.78 is 12.9. The first-order valence-electron chi connectivity index (χ1n) is 26.7. The van der Waals surface area contributed by atoms with Gasteiger partial charge in [0.2, 0.25) is 0 Å². The van der Waals surface area contributed by atoms with Crippen LogP contribution in [0.5, 0.6) is 46.0 Å². The highest BCUT2D eigenvalue weighted by molar-refractivity contribution is 7.80. The highest BCUT2D eigenvalue weighted by Crippen LogP contribution is 2.39. The molecule has 88 heavy (non-hydrogen) atoms. The summed E-state index contributed by atoms with van der Waals surface area (Å²) in [5.74, 6) is 5.40. The number of thiocarbonyl (C=S) groups is 2. The van der Waals surface area contributed by atoms with Crippen molar-refractivity contribution in [3.05, 3.63) is 189 Å². The zero-order valence-corrected chi connectivity index (χ0v) is 52.6. The van der Waals surface area contributed by atoms with E-state index in [1.54, 1.807) is 24.9 Å². The van der Waals surface area contributed by atoms with E-state index in [1.165, 1.54) is 40.6 Å². The number of aliphatic imine (C=N–C) groups is 1. The van der Waals surface area contributed by atoms with Gasteiger partial charge in [0.05, 0.1) is 47.4 Å². The number of benzene rings is 9. The Bertz CT molecular complexity index is 4250. The molecule has 0 aliphatic rings. The number of nitrogens with two attached hydrogens (primary N) is 1. The molecule has 1 atom stereocenters. The lowest BCUT2D eigenvalue weighted by Gasteiger charge is -2.14. The van der Waals surface area contributed by atoms with Crippen molar-refractivity contribution in [1.82, 2.24) is 31.7 Å². The number of rotatable bonds is 14. The number of carbonyl (C=O) groups is 2. The largest absolute Gasteiger partial charge is 0.508 e. The molecule has 1 aromatic heterocycles. The molecular formula is C66H73N8O10PS3. The minimum atomic E-state index is -0.586. The third kappa shape index (κ3) is 16.4. The third-order valence-electron chi connectivity index (χ3n) is 13.9. The second-order valence-electron chi connectivity index (χ2n) is 19.1. The van der Waals surface area contributed by atoms with Gasteiger partial charge in [0, 0.05) is 57.6 Å². The second kappa shape index (κ2) is 33.0. The highest BCUT2D eigenvalue weighted by Gasteiger charge is 2.20. The number of hydrogen-bond donors (Lipinski definition) is 11. The maximum Gasteiger partial charge on any atom is 0.268 e. The van der Waals surface area contributed by atoms with Crippen LogP contribution < -0.4 is 32.2 Å². The lowest BCUT2D eigenvalue weighted by Crippen LogP contribution is -2.30. The molecule has 9 aromatic carbocycles. The number of ether oxygens (including phenoxy) is 2. The zero-order chi connectivity index (χ0) is 61.5. The summed E-state index contributed by atoms with van der Waals surface area (Å²) in [7, 11) is 3.29. The molecule has 22 heteroatoms. The van der Waals surface area contributed by atoms with Crippen LogP contribution in [0.25, 0.3) is 49.4 Å². The van der Waals surface area contributed by atoms with Gasteiger partial charge >= 0.3 is 0 Å². The number of nitrogens with one attached hydrogen (secondary N) is 3. The SMILES string of the molecule is C.CCc1cc(-c2n[nH]c(=S)n2-c2ccc(OC)c3ccccc23)c(O)cc1O.CCc1cc(C(=O)NCC(=S)Cc2ccc(C)c3ccccc23)c(O)cc1O.CCc1cc(C(=O)NN)c(O)cc1O.COc1ccc(N=C=S)c2ccccc12.N.P. The van der Waals surface area contributed by atoms with Gasteiger partial charge in [-0.05, 0) is 132 Å². The van der Waals surface area contributed by atoms with Crippen LogP contribution in [-0.2, 0) is 25.7 Å². The van der Waals surface area contributed by atoms with Crippen molar-refractivity contribution in [2.45, 2.75) is 60.8 Å². The summed E-state index contributed by atoms with van der Waals surface area (Å²) in [6.45, 7) is 7.95. The van der Waals surface area contributed by atoms with Gasteiger partial charge in [-0.15, -0.1) is 0 Å². The number of hydrazine groups is 1. The van der Waals surface area contributed by atoms with Crippen LogP contribution in [0.3, 0.4) is 0 Å². The molecule has 0 spiro atoms. The molecule has 0 aliphatic carbocycles. The molecule has 18 nitrogen and oxygen atoms in total. The first-order chi connectivity index (χ1) is 40.9. The van der Waals surface area contributed by atoms with E-state index in [0.717, 1.165) is 56.0 Å². The minimum absolute atomic E-state index is 0. The fourth-order valence-electron chi connectivity index (χ4n) is 9.46. The fourth-order valence-corrected chi connectivity index (χ4v) is 10.0. The highest BCUT2D eigenvalue weighted by atomic mass is 32.1. The van der Waals surface area contributed by atoms with E-state index >= 15 is 0 Å². The van der Waals surface area contributed by atoms with Crippen LogP contribution in [-0.4, -0.2) is 88.0 Å². The molecular weight excluding hydrogens is 1190 g/mol. The van der Waals surface area contributed by atoms with E-state index in [9.17, 15) is 40.2 Å². The van der Waals surface area contributed by atoms with Crippen molar-refractivity contribution in [2.24, 2.45) is 10.8 Å². The molecule has 0 radical (unpaired) electrons. The number of nitrogens with zero attached hydrogens (tertiary/aromatic N) is 3. The Labute approximate surface area is 529 Å². The second-order valence-corrected chi connectivity index (χ2v) is 20.2. The first-order valence-corrected chi connectivity index (χ1v) is 27.9. The van der Waals surface area contributed by atoms with Crippen LogP contribution in [0, 0.1) is 11.7 Å². The van der Waals surface area contributed by atoms with Crippen LogP contribution >= 0.6 is 46.6 Å². The van der Waals surface area contributed by atoms with Crippen LogP contribution in [0.1, 0.15) is 76.7 Å². The number of aromatic amines is 1. The number of fused-ring (bicyclic) bond motifs is 3. The van der Waals surface area contributed by atoms with Gasteiger partial charge < -0.3 is 51.6 Å². The smallest absolute Gasteiger partial charge is 0.268 e. The number of amides is 2. The molecule has 0 aliphatic heterocycles. The summed E-state index contributed by atoms with van der Waals surface area (Å²) in [5, 5.41) is 77.5. The number of phenolic OH excluding ortho intramolecular Hbond substituents is 6. The van der Waals surface area contributed by atoms with E-state index in [0.29, 0.717) is 63.4 Å². The van der Waals surface area contributed by atoms with Gasteiger partial charge in [-0.1, -0.05) is 125 Å². The standard InChI is InChI=1S/C23H23NO3S.C21H19N3O3S.C12H9NOS.C9H12N2O3.CH4.H3N.H3P/c1-3-15-11-20(22(26)12-21(15)25)23(27)24-13-17(28)10-16-9-8-14(2)18-6-4-5-7-19(16)18;1-3-12-10-15(18(26)11-17(12)25)20-22-23-21(28)24(20)16-8-9-19(27-2)14-7-5-4-6-13(14)16;1-14-12-7-6-11(13-8-15)9-4-2-3-5-10(9)12;1-2-5-3-6(9(14)11-10)8(13)4-7(5)12;;;/h4-9,11-12,25-26H,3,10,13H2,1-2H3,(H,24,27);4-11,25-26H,3H2,1-2H3,(H,23,28);2-7H,1H3;3-4,12-13H,2,10H2,1H3,(H,11,14);1H4;2*1H3. The summed E-state index contributed by atoms with van der Waals surface area (Å²) in [5.41, 5.74) is 8.48. The predicted octanol–water partition coefficient (Wildman–Crippen LogP) is 13.9. The Hall–Kier alpha value is -9.30. The van der Waals surface area contributed by atoms with Gasteiger partial charge in [0.15, 0.2) is 10.6 Å². The van der Waals surface area contributed by atoms with Crippen LogP contribution in [0.4, 0.5) is 5.69 Å². The Kier molecular flexibility index (Phi) is 26.7. The molecule has 460 valence electrons. The molecule has 14 N–H and O–H groups in total. The van der Waals surface area contributed by atoms with Crippen molar-refractivity contribution in [3.8, 4) is 63.1 Å². The van der Waals surface area contributed by atoms with Gasteiger partial charge in [-0.2, -0.15) is 20.0 Å². The number of methoxy groups -OCH3 is 2. The average Bonchev–Trinajstić information content (AvgIpc) is 1.74. The Morgan fingerprint density at radius 1 is 0.625 bits per heavy atom. The maximum atomic E-state index is 12.4. The number of H-pyrrole nitrogens is 1.